The highest BCUT2D eigenvalue weighted by Gasteiger charge is 2.22. The van der Waals surface area contributed by atoms with E-state index < -0.39 is 35.7 Å². The Labute approximate surface area is 137 Å². The molecule has 0 bridgehead atoms. The molecule has 8 heteroatoms. The minimum absolute atomic E-state index is 0.348. The van der Waals surface area contributed by atoms with Gasteiger partial charge in [0.25, 0.3) is 0 Å². The van der Waals surface area contributed by atoms with Crippen LogP contribution in [0.5, 0.6) is 0 Å². The predicted octanol–water partition coefficient (Wildman–Crippen LogP) is 1.75. The Balaban J connectivity index is 3.01. The van der Waals surface area contributed by atoms with Crippen LogP contribution in [0.4, 0.5) is 0 Å². The maximum absolute atomic E-state index is 10.9. The van der Waals surface area contributed by atoms with E-state index in [9.17, 15) is 19.2 Å². The summed E-state index contributed by atoms with van der Waals surface area (Å²) in [6.45, 7) is 0. The molecule has 0 heterocycles. The minimum Gasteiger partial charge on any atom is -0.481 e. The van der Waals surface area contributed by atoms with E-state index in [4.69, 9.17) is 20.4 Å². The van der Waals surface area contributed by atoms with Crippen molar-refractivity contribution in [3.63, 3.8) is 0 Å². The molecule has 0 radical (unpaired) electrons. The minimum atomic E-state index is -1.13. The van der Waals surface area contributed by atoms with E-state index in [1.807, 2.05) is 0 Å². The zero-order valence-corrected chi connectivity index (χ0v) is 12.7. The number of aliphatic carboxylic acids is 4. The zero-order chi connectivity index (χ0) is 18.3. The summed E-state index contributed by atoms with van der Waals surface area (Å²) >= 11 is 0. The Morgan fingerprint density at radius 1 is 0.583 bits per heavy atom. The number of carbonyl (C=O) groups is 4. The van der Waals surface area contributed by atoms with E-state index in [0.717, 1.165) is 0 Å². The van der Waals surface area contributed by atoms with Gasteiger partial charge in [0.05, 0.1) is 25.7 Å². The van der Waals surface area contributed by atoms with Crippen LogP contribution in [0.1, 0.15) is 48.6 Å². The molecule has 4 N–H and O–H groups in total. The van der Waals surface area contributed by atoms with E-state index in [0.29, 0.717) is 11.1 Å². The van der Waals surface area contributed by atoms with E-state index in [1.54, 1.807) is 0 Å². The lowest BCUT2D eigenvalue weighted by atomic mass is 9.88. The fourth-order valence-electron chi connectivity index (χ4n) is 2.50. The summed E-state index contributed by atoms with van der Waals surface area (Å²) in [5.41, 5.74) is 0.987. The van der Waals surface area contributed by atoms with Crippen LogP contribution in [0.2, 0.25) is 0 Å². The molecule has 0 unspecified atom stereocenters. The van der Waals surface area contributed by atoms with Crippen molar-refractivity contribution < 1.29 is 39.6 Å². The third-order valence-electron chi connectivity index (χ3n) is 3.56. The molecule has 0 amide bonds. The van der Waals surface area contributed by atoms with E-state index in [1.165, 1.54) is 24.3 Å². The summed E-state index contributed by atoms with van der Waals surface area (Å²) in [4.78, 5) is 43.4. The molecule has 0 fully saturated rings. The van der Waals surface area contributed by atoms with Crippen LogP contribution in [0, 0.1) is 0 Å². The average molecular weight is 338 g/mol. The van der Waals surface area contributed by atoms with Crippen LogP contribution in [0.3, 0.4) is 0 Å². The van der Waals surface area contributed by atoms with E-state index in [2.05, 4.69) is 0 Å². The van der Waals surface area contributed by atoms with Gasteiger partial charge in [0, 0.05) is 11.8 Å². The lowest BCUT2D eigenvalue weighted by Gasteiger charge is -2.16. The summed E-state index contributed by atoms with van der Waals surface area (Å²) in [6.07, 6.45) is -1.39. The van der Waals surface area contributed by atoms with Crippen molar-refractivity contribution in [2.75, 3.05) is 0 Å². The summed E-state index contributed by atoms with van der Waals surface area (Å²) in [6, 6.07) is 6.07. The largest absolute Gasteiger partial charge is 0.481 e. The van der Waals surface area contributed by atoms with E-state index >= 15 is 0 Å². The molecule has 0 aliphatic heterocycles. The van der Waals surface area contributed by atoms with Gasteiger partial charge in [0.1, 0.15) is 0 Å². The van der Waals surface area contributed by atoms with E-state index in [-0.39, 0.29) is 25.7 Å². The molecule has 0 atom stereocenters. The molecular formula is C16H18O8. The number of carboxylic acids is 4. The van der Waals surface area contributed by atoms with Crippen molar-refractivity contribution in [1.29, 1.82) is 0 Å². The standard InChI is InChI=1S/C16H18O8/c17-13(18)5-11(6-14(19)20)9-1-2-10(4-3-9)12(7-15(21)22)8-16(23)24/h1-4,11-12H,5-8H2,(H,17,18)(H,19,20)(H,21,22)(H,23,24). The maximum Gasteiger partial charge on any atom is 0.303 e. The molecule has 0 saturated carbocycles. The van der Waals surface area contributed by atoms with Gasteiger partial charge in [-0.05, 0) is 11.1 Å². The molecule has 8 nitrogen and oxygen atoms in total. The van der Waals surface area contributed by atoms with Gasteiger partial charge >= 0.3 is 23.9 Å². The third kappa shape index (κ3) is 6.47. The Kier molecular flexibility index (Phi) is 6.91. The van der Waals surface area contributed by atoms with Crippen molar-refractivity contribution in [3.8, 4) is 0 Å². The molecule has 0 aromatic heterocycles. The molecule has 0 aliphatic rings. The van der Waals surface area contributed by atoms with Gasteiger partial charge in [-0.15, -0.1) is 0 Å². The molecule has 0 saturated heterocycles. The topological polar surface area (TPSA) is 149 Å². The average Bonchev–Trinajstić information content (AvgIpc) is 2.44. The molecule has 1 aromatic carbocycles. The maximum atomic E-state index is 10.9. The highest BCUT2D eigenvalue weighted by molar-refractivity contribution is 5.73. The summed E-state index contributed by atoms with van der Waals surface area (Å²) in [5, 5.41) is 35.5. The van der Waals surface area contributed by atoms with Crippen molar-refractivity contribution >= 4 is 23.9 Å². The number of hydrogen-bond acceptors (Lipinski definition) is 4. The number of carboxylic acid groups (broad SMARTS) is 4. The highest BCUT2D eigenvalue weighted by atomic mass is 16.4. The zero-order valence-electron chi connectivity index (χ0n) is 12.7. The van der Waals surface area contributed by atoms with Gasteiger partial charge in [-0.25, -0.2) is 0 Å². The van der Waals surface area contributed by atoms with Crippen molar-refractivity contribution in [3.05, 3.63) is 35.4 Å². The highest BCUT2D eigenvalue weighted by Crippen LogP contribution is 2.28. The van der Waals surface area contributed by atoms with Gasteiger partial charge in [-0.3, -0.25) is 19.2 Å². The number of benzene rings is 1. The molecule has 130 valence electrons. The fraction of sp³-hybridized carbons (Fsp3) is 0.375. The van der Waals surface area contributed by atoms with Gasteiger partial charge in [-0.1, -0.05) is 24.3 Å². The second-order valence-electron chi connectivity index (χ2n) is 5.45. The monoisotopic (exact) mass is 338 g/mol. The Hall–Kier alpha value is -2.90. The van der Waals surface area contributed by atoms with Crippen LogP contribution in [-0.4, -0.2) is 44.3 Å². The van der Waals surface area contributed by atoms with Gasteiger partial charge in [0.15, 0.2) is 0 Å². The summed E-state index contributed by atoms with van der Waals surface area (Å²) in [5.74, 6) is -5.93. The number of rotatable bonds is 10. The quantitative estimate of drug-likeness (QED) is 0.504. The Bertz CT molecular complexity index is 532. The molecular weight excluding hydrogens is 320 g/mol. The van der Waals surface area contributed by atoms with Crippen molar-refractivity contribution in [2.45, 2.75) is 37.5 Å². The van der Waals surface area contributed by atoms with Crippen LogP contribution in [0.25, 0.3) is 0 Å². The first-order valence-corrected chi connectivity index (χ1v) is 7.16. The first-order chi connectivity index (χ1) is 11.2. The predicted molar refractivity (Wildman–Crippen MR) is 80.9 cm³/mol. The summed E-state index contributed by atoms with van der Waals surface area (Å²) < 4.78 is 0. The summed E-state index contributed by atoms with van der Waals surface area (Å²) in [7, 11) is 0. The Morgan fingerprint density at radius 3 is 0.958 bits per heavy atom. The third-order valence-corrected chi connectivity index (χ3v) is 3.56. The van der Waals surface area contributed by atoms with Crippen LogP contribution < -0.4 is 0 Å². The van der Waals surface area contributed by atoms with Gasteiger partial charge < -0.3 is 20.4 Å². The molecule has 0 spiro atoms. The van der Waals surface area contributed by atoms with Crippen LogP contribution in [-0.2, 0) is 19.2 Å². The fourth-order valence-corrected chi connectivity index (χ4v) is 2.50. The lowest BCUT2D eigenvalue weighted by Crippen LogP contribution is -2.13. The van der Waals surface area contributed by atoms with Gasteiger partial charge in [-0.2, -0.15) is 0 Å². The van der Waals surface area contributed by atoms with Crippen molar-refractivity contribution in [2.24, 2.45) is 0 Å². The van der Waals surface area contributed by atoms with Gasteiger partial charge in [0.2, 0.25) is 0 Å². The normalized spacial score (nSPS) is 10.8. The smallest absolute Gasteiger partial charge is 0.303 e. The lowest BCUT2D eigenvalue weighted by molar-refractivity contribution is -0.141. The van der Waals surface area contributed by atoms with Crippen LogP contribution in [0.15, 0.2) is 24.3 Å². The SMILES string of the molecule is O=C(O)CC(CC(=O)O)c1ccc(C(CC(=O)O)CC(=O)O)cc1. The first kappa shape index (κ1) is 19.1. The molecule has 1 rings (SSSR count). The first-order valence-electron chi connectivity index (χ1n) is 7.16. The molecule has 1 aromatic rings. The molecule has 0 aliphatic carbocycles. The van der Waals surface area contributed by atoms with Crippen molar-refractivity contribution in [1.82, 2.24) is 0 Å². The number of hydrogen-bond donors (Lipinski definition) is 4. The van der Waals surface area contributed by atoms with Crippen LogP contribution >= 0.6 is 0 Å². The second-order valence-corrected chi connectivity index (χ2v) is 5.45. The second kappa shape index (κ2) is 8.66. The Morgan fingerprint density at radius 2 is 0.792 bits per heavy atom. The molecule has 24 heavy (non-hydrogen) atoms.